The van der Waals surface area contributed by atoms with E-state index in [2.05, 4.69) is 24.3 Å². The molecule has 0 radical (unpaired) electrons. The minimum absolute atomic E-state index is 0.119. The monoisotopic (exact) mass is 471 g/mol. The van der Waals surface area contributed by atoms with E-state index in [-0.39, 0.29) is 11.8 Å². The zero-order valence-corrected chi connectivity index (χ0v) is 21.6. The molecule has 33 heavy (non-hydrogen) atoms. The molecule has 1 fully saturated rings. The minimum Gasteiger partial charge on any atom is -0.378 e. The van der Waals surface area contributed by atoms with Gasteiger partial charge in [0.2, 0.25) is 15.9 Å². The first-order valence-corrected chi connectivity index (χ1v) is 13.1. The summed E-state index contributed by atoms with van der Waals surface area (Å²) in [7, 11) is 0.439. The molecule has 0 N–H and O–H groups in total. The molecular formula is C26H37N3O3S. The average Bonchev–Trinajstić information content (AvgIpc) is 2.76. The van der Waals surface area contributed by atoms with Gasteiger partial charge < -0.3 is 9.80 Å². The highest BCUT2D eigenvalue weighted by Crippen LogP contribution is 2.29. The molecule has 0 aromatic heterocycles. The molecule has 2 aromatic rings. The van der Waals surface area contributed by atoms with E-state index < -0.39 is 10.0 Å². The van der Waals surface area contributed by atoms with Gasteiger partial charge in [0.15, 0.2) is 0 Å². The molecule has 1 aliphatic rings. The van der Waals surface area contributed by atoms with Crippen molar-refractivity contribution in [3.05, 3.63) is 58.7 Å². The van der Waals surface area contributed by atoms with Crippen LogP contribution in [0.1, 0.15) is 42.0 Å². The predicted molar refractivity (Wildman–Crippen MR) is 134 cm³/mol. The third-order valence-electron chi connectivity index (χ3n) is 6.53. The molecule has 0 unspecified atom stereocenters. The summed E-state index contributed by atoms with van der Waals surface area (Å²) < 4.78 is 28.3. The fourth-order valence-corrected chi connectivity index (χ4v) is 6.65. The Morgan fingerprint density at radius 3 is 2.03 bits per heavy atom. The number of amides is 1. The Bertz CT molecular complexity index is 1060. The molecule has 3 rings (SSSR count). The largest absolute Gasteiger partial charge is 0.378 e. The lowest BCUT2D eigenvalue weighted by atomic mass is 9.96. The van der Waals surface area contributed by atoms with Gasteiger partial charge in [0.1, 0.15) is 0 Å². The number of anilines is 1. The van der Waals surface area contributed by atoms with Gasteiger partial charge >= 0.3 is 0 Å². The van der Waals surface area contributed by atoms with Crippen molar-refractivity contribution in [1.82, 2.24) is 9.21 Å². The first kappa shape index (κ1) is 25.2. The van der Waals surface area contributed by atoms with Crippen molar-refractivity contribution in [3.63, 3.8) is 0 Å². The number of carbonyl (C=O) groups excluding carboxylic acids is 1. The van der Waals surface area contributed by atoms with Gasteiger partial charge in [-0.2, -0.15) is 4.31 Å². The highest BCUT2D eigenvalue weighted by Gasteiger charge is 2.34. The number of aryl methyl sites for hydroxylation is 3. The molecule has 0 saturated carbocycles. The van der Waals surface area contributed by atoms with E-state index in [1.165, 1.54) is 0 Å². The average molecular weight is 472 g/mol. The van der Waals surface area contributed by atoms with E-state index in [9.17, 15) is 13.2 Å². The van der Waals surface area contributed by atoms with Gasteiger partial charge in [-0.15, -0.1) is 0 Å². The van der Waals surface area contributed by atoms with Crippen LogP contribution in [0.3, 0.4) is 0 Å². The highest BCUT2D eigenvalue weighted by molar-refractivity contribution is 7.89. The van der Waals surface area contributed by atoms with E-state index in [0.29, 0.717) is 43.9 Å². The SMILES string of the molecule is CCN(Cc1ccc(N(C)C)cc1)C(=O)C1CCN(S(=O)(=O)c2c(C)cc(C)cc2C)CC1. The smallest absolute Gasteiger partial charge is 0.243 e. The fraction of sp³-hybridized carbons (Fsp3) is 0.500. The Morgan fingerprint density at radius 2 is 1.55 bits per heavy atom. The normalized spacial score (nSPS) is 15.5. The molecule has 2 aromatic carbocycles. The van der Waals surface area contributed by atoms with Crippen molar-refractivity contribution < 1.29 is 13.2 Å². The van der Waals surface area contributed by atoms with Crippen LogP contribution in [0.15, 0.2) is 41.3 Å². The quantitative estimate of drug-likeness (QED) is 0.609. The number of sulfonamides is 1. The standard InChI is InChI=1S/C26H37N3O3S/c1-7-28(18-22-8-10-24(11-9-22)27(5)6)26(30)23-12-14-29(15-13-23)33(31,32)25-20(3)16-19(2)17-21(25)4/h8-11,16-17,23H,7,12-15,18H2,1-6H3. The summed E-state index contributed by atoms with van der Waals surface area (Å²) in [5, 5.41) is 0. The number of hydrogen-bond donors (Lipinski definition) is 0. The summed E-state index contributed by atoms with van der Waals surface area (Å²) in [5.41, 5.74) is 4.84. The van der Waals surface area contributed by atoms with Crippen molar-refractivity contribution >= 4 is 21.6 Å². The second-order valence-electron chi connectivity index (χ2n) is 9.32. The van der Waals surface area contributed by atoms with Crippen LogP contribution < -0.4 is 4.90 Å². The zero-order chi connectivity index (χ0) is 24.3. The molecule has 1 saturated heterocycles. The Balaban J connectivity index is 1.66. The van der Waals surface area contributed by atoms with Gasteiger partial charge in [-0.1, -0.05) is 29.8 Å². The third-order valence-corrected chi connectivity index (χ3v) is 8.73. The molecule has 1 aliphatic heterocycles. The van der Waals surface area contributed by atoms with Gasteiger partial charge in [0, 0.05) is 51.9 Å². The molecule has 0 aliphatic carbocycles. The number of piperidine rings is 1. The summed E-state index contributed by atoms with van der Waals surface area (Å²) in [5.74, 6) is -0.0217. The van der Waals surface area contributed by atoms with Gasteiger partial charge in [0.05, 0.1) is 4.90 Å². The van der Waals surface area contributed by atoms with Crippen molar-refractivity contribution in [2.45, 2.75) is 52.0 Å². The molecule has 0 atom stereocenters. The van der Waals surface area contributed by atoms with Crippen molar-refractivity contribution in [3.8, 4) is 0 Å². The maximum absolute atomic E-state index is 13.4. The van der Waals surface area contributed by atoms with Crippen LogP contribution in [-0.2, 0) is 21.4 Å². The van der Waals surface area contributed by atoms with E-state index in [4.69, 9.17) is 0 Å². The summed E-state index contributed by atoms with van der Waals surface area (Å²) in [4.78, 5) is 17.6. The lowest BCUT2D eigenvalue weighted by Crippen LogP contribution is -2.44. The van der Waals surface area contributed by atoms with E-state index in [0.717, 1.165) is 27.9 Å². The van der Waals surface area contributed by atoms with E-state index in [1.54, 1.807) is 4.31 Å². The fourth-order valence-electron chi connectivity index (χ4n) is 4.77. The van der Waals surface area contributed by atoms with Crippen LogP contribution in [0, 0.1) is 26.7 Å². The summed E-state index contributed by atoms with van der Waals surface area (Å²) in [6.07, 6.45) is 1.11. The third kappa shape index (κ3) is 5.58. The van der Waals surface area contributed by atoms with Gasteiger partial charge in [-0.3, -0.25) is 4.79 Å². The summed E-state index contributed by atoms with van der Waals surface area (Å²) >= 11 is 0. The Kier molecular flexibility index (Phi) is 7.85. The van der Waals surface area contributed by atoms with Crippen molar-refractivity contribution in [1.29, 1.82) is 0 Å². The first-order valence-electron chi connectivity index (χ1n) is 11.7. The minimum atomic E-state index is -3.57. The van der Waals surface area contributed by atoms with Crippen LogP contribution in [-0.4, -0.2) is 57.3 Å². The summed E-state index contributed by atoms with van der Waals surface area (Å²) in [6, 6.07) is 12.1. The molecule has 1 amide bonds. The zero-order valence-electron chi connectivity index (χ0n) is 20.8. The molecule has 1 heterocycles. The second kappa shape index (κ2) is 10.3. The molecular weight excluding hydrogens is 434 g/mol. The Labute approximate surface area is 199 Å². The predicted octanol–water partition coefficient (Wildman–Crippen LogP) is 4.13. The van der Waals surface area contributed by atoms with Crippen LogP contribution in [0.2, 0.25) is 0 Å². The van der Waals surface area contributed by atoms with Crippen molar-refractivity contribution in [2.24, 2.45) is 5.92 Å². The maximum Gasteiger partial charge on any atom is 0.243 e. The van der Waals surface area contributed by atoms with Crippen molar-refractivity contribution in [2.75, 3.05) is 38.6 Å². The molecule has 180 valence electrons. The maximum atomic E-state index is 13.4. The number of carbonyl (C=O) groups is 1. The highest BCUT2D eigenvalue weighted by atomic mass is 32.2. The van der Waals surface area contributed by atoms with Gasteiger partial charge in [-0.25, -0.2) is 8.42 Å². The van der Waals surface area contributed by atoms with Crippen LogP contribution in [0.5, 0.6) is 0 Å². The summed E-state index contributed by atoms with van der Waals surface area (Å²) in [6.45, 7) is 9.64. The lowest BCUT2D eigenvalue weighted by Gasteiger charge is -2.34. The molecule has 7 heteroatoms. The van der Waals surface area contributed by atoms with Crippen LogP contribution in [0.4, 0.5) is 5.69 Å². The van der Waals surface area contributed by atoms with E-state index >= 15 is 0 Å². The van der Waals surface area contributed by atoms with Gasteiger partial charge in [-0.05, 0) is 69.4 Å². The number of rotatable bonds is 7. The Morgan fingerprint density at radius 1 is 1.00 bits per heavy atom. The van der Waals surface area contributed by atoms with Gasteiger partial charge in [0.25, 0.3) is 0 Å². The van der Waals surface area contributed by atoms with Crippen LogP contribution in [0.25, 0.3) is 0 Å². The number of nitrogens with zero attached hydrogens (tertiary/aromatic N) is 3. The van der Waals surface area contributed by atoms with E-state index in [1.807, 2.05) is 63.7 Å². The second-order valence-corrected chi connectivity index (χ2v) is 11.2. The molecule has 6 nitrogen and oxygen atoms in total. The van der Waals surface area contributed by atoms with Crippen LogP contribution >= 0.6 is 0 Å². The Hall–Kier alpha value is -2.38. The first-order chi connectivity index (χ1) is 15.5. The number of benzene rings is 2. The molecule has 0 bridgehead atoms. The number of hydrogen-bond acceptors (Lipinski definition) is 4. The topological polar surface area (TPSA) is 60.9 Å². The lowest BCUT2D eigenvalue weighted by molar-refractivity contribution is -0.137. The molecule has 0 spiro atoms.